The first-order valence-electron chi connectivity index (χ1n) is 11.3. The highest BCUT2D eigenvalue weighted by Gasteiger charge is 2.17. The van der Waals surface area contributed by atoms with Crippen molar-refractivity contribution in [2.24, 2.45) is 0 Å². The summed E-state index contributed by atoms with van der Waals surface area (Å²) in [5.74, 6) is -0.443. The van der Waals surface area contributed by atoms with Crippen molar-refractivity contribution in [3.05, 3.63) is 113 Å². The zero-order valence-corrected chi connectivity index (χ0v) is 22.8. The number of benzene rings is 4. The number of rotatable bonds is 8. The van der Waals surface area contributed by atoms with Crippen LogP contribution in [0.1, 0.15) is 21.5 Å². The second-order valence-corrected chi connectivity index (χ2v) is 12.3. The van der Waals surface area contributed by atoms with E-state index in [0.717, 1.165) is 5.56 Å². The fourth-order valence-electron chi connectivity index (χ4n) is 3.46. The van der Waals surface area contributed by atoms with Gasteiger partial charge >= 0.3 is 0 Å². The number of carbonyl (C=O) groups is 1. The summed E-state index contributed by atoms with van der Waals surface area (Å²) in [6, 6.07) is 23.0. The molecule has 4 aromatic carbocycles. The van der Waals surface area contributed by atoms with Gasteiger partial charge in [-0.25, -0.2) is 16.8 Å². The number of carbonyl (C=O) groups excluding carboxylic acids is 1. The minimum atomic E-state index is -3.87. The van der Waals surface area contributed by atoms with Crippen LogP contribution in [0.5, 0.6) is 0 Å². The van der Waals surface area contributed by atoms with Crippen LogP contribution in [0.15, 0.2) is 101 Å². The van der Waals surface area contributed by atoms with Gasteiger partial charge in [-0.1, -0.05) is 35.4 Å². The van der Waals surface area contributed by atoms with Gasteiger partial charge in [-0.2, -0.15) is 0 Å². The summed E-state index contributed by atoms with van der Waals surface area (Å²) in [5.41, 5.74) is 2.91. The van der Waals surface area contributed by atoms with Crippen molar-refractivity contribution in [3.63, 3.8) is 0 Å². The highest BCUT2D eigenvalue weighted by molar-refractivity contribution is 7.93. The van der Waals surface area contributed by atoms with Crippen molar-refractivity contribution in [2.45, 2.75) is 23.6 Å². The van der Waals surface area contributed by atoms with E-state index < -0.39 is 26.0 Å². The number of sulfonamides is 2. The van der Waals surface area contributed by atoms with Crippen LogP contribution in [0.3, 0.4) is 0 Å². The topological polar surface area (TPSA) is 121 Å². The molecular formula is C27H24ClN3O5S2. The lowest BCUT2D eigenvalue weighted by molar-refractivity contribution is 0.102. The van der Waals surface area contributed by atoms with Crippen LogP contribution in [-0.4, -0.2) is 22.7 Å². The average Bonchev–Trinajstić information content (AvgIpc) is 2.87. The molecule has 11 heteroatoms. The minimum absolute atomic E-state index is 0.0140. The van der Waals surface area contributed by atoms with Crippen LogP contribution in [0, 0.1) is 13.8 Å². The maximum atomic E-state index is 12.8. The average molecular weight is 570 g/mol. The molecule has 0 aliphatic rings. The Morgan fingerprint density at radius 1 is 0.658 bits per heavy atom. The van der Waals surface area contributed by atoms with E-state index in [1.165, 1.54) is 60.7 Å². The van der Waals surface area contributed by atoms with Crippen LogP contribution in [-0.2, 0) is 20.0 Å². The summed E-state index contributed by atoms with van der Waals surface area (Å²) >= 11 is 6.07. The maximum Gasteiger partial charge on any atom is 0.261 e. The van der Waals surface area contributed by atoms with Crippen LogP contribution in [0.2, 0.25) is 5.02 Å². The molecule has 1 amide bonds. The summed E-state index contributed by atoms with van der Waals surface area (Å²) in [5, 5.41) is 3.14. The van der Waals surface area contributed by atoms with E-state index in [2.05, 4.69) is 14.8 Å². The lowest BCUT2D eigenvalue weighted by Gasteiger charge is -2.12. The van der Waals surface area contributed by atoms with Crippen molar-refractivity contribution in [1.82, 2.24) is 0 Å². The van der Waals surface area contributed by atoms with Gasteiger partial charge < -0.3 is 5.32 Å². The lowest BCUT2D eigenvalue weighted by atomic mass is 10.2. The molecule has 0 bridgehead atoms. The Balaban J connectivity index is 1.41. The van der Waals surface area contributed by atoms with E-state index >= 15 is 0 Å². The molecule has 8 nitrogen and oxygen atoms in total. The van der Waals surface area contributed by atoms with Crippen molar-refractivity contribution in [1.29, 1.82) is 0 Å². The number of anilines is 3. The van der Waals surface area contributed by atoms with Crippen LogP contribution < -0.4 is 14.8 Å². The quantitative estimate of drug-likeness (QED) is 0.247. The molecule has 0 fully saturated rings. The molecule has 3 N–H and O–H groups in total. The number of aryl methyl sites for hydroxylation is 1. The monoisotopic (exact) mass is 569 g/mol. The molecule has 0 atom stereocenters. The van der Waals surface area contributed by atoms with Gasteiger partial charge in [0.2, 0.25) is 0 Å². The fraction of sp³-hybridized carbons (Fsp3) is 0.0741. The van der Waals surface area contributed by atoms with E-state index in [4.69, 9.17) is 11.6 Å². The molecule has 38 heavy (non-hydrogen) atoms. The van der Waals surface area contributed by atoms with E-state index in [9.17, 15) is 21.6 Å². The number of nitrogens with one attached hydrogen (secondary N) is 3. The number of hydrogen-bond donors (Lipinski definition) is 3. The lowest BCUT2D eigenvalue weighted by Crippen LogP contribution is -2.15. The molecule has 0 aromatic heterocycles. The normalized spacial score (nSPS) is 11.6. The Morgan fingerprint density at radius 3 is 1.79 bits per heavy atom. The molecule has 4 rings (SSSR count). The van der Waals surface area contributed by atoms with Gasteiger partial charge in [0.15, 0.2) is 0 Å². The standard InChI is InChI=1S/C27H24ClN3O5S2/c1-18-6-14-23(15-7-18)37(33,34)30-22-10-8-20(9-11-22)27(32)29-21-12-16-24(17-13-21)38(35,36)31-26-5-3-4-25(28)19(26)2/h3-17,30-31H,1-2H3,(H,29,32). The van der Waals surface area contributed by atoms with Crippen molar-refractivity contribution in [3.8, 4) is 0 Å². The molecule has 0 aliphatic heterocycles. The van der Waals surface area contributed by atoms with Crippen LogP contribution in [0.4, 0.5) is 17.1 Å². The zero-order valence-electron chi connectivity index (χ0n) is 20.4. The summed E-state index contributed by atoms with van der Waals surface area (Å²) < 4.78 is 55.7. The molecular weight excluding hydrogens is 546 g/mol. The Morgan fingerprint density at radius 2 is 1.18 bits per heavy atom. The number of amides is 1. The van der Waals surface area contributed by atoms with Crippen LogP contribution >= 0.6 is 11.6 Å². The first-order valence-corrected chi connectivity index (χ1v) is 14.7. The fourth-order valence-corrected chi connectivity index (χ4v) is 5.82. The van der Waals surface area contributed by atoms with Gasteiger partial charge in [-0.15, -0.1) is 0 Å². The number of hydrogen-bond acceptors (Lipinski definition) is 5. The second-order valence-electron chi connectivity index (χ2n) is 8.49. The van der Waals surface area contributed by atoms with Crippen molar-refractivity contribution < 1.29 is 21.6 Å². The predicted octanol–water partition coefficient (Wildman–Crippen LogP) is 5.81. The zero-order chi connectivity index (χ0) is 27.5. The first kappa shape index (κ1) is 27.2. The summed E-state index contributed by atoms with van der Waals surface area (Å²) in [7, 11) is -7.63. The molecule has 196 valence electrons. The third-order valence-corrected chi connectivity index (χ3v) is 8.85. The molecule has 0 saturated carbocycles. The molecule has 0 radical (unpaired) electrons. The van der Waals surface area contributed by atoms with E-state index in [-0.39, 0.29) is 15.4 Å². The summed E-state index contributed by atoms with van der Waals surface area (Å²) in [6.45, 7) is 3.58. The van der Waals surface area contributed by atoms with E-state index in [1.54, 1.807) is 37.3 Å². The third kappa shape index (κ3) is 6.34. The third-order valence-electron chi connectivity index (χ3n) is 5.67. The summed E-state index contributed by atoms with van der Waals surface area (Å²) in [6.07, 6.45) is 0. The molecule has 4 aromatic rings. The molecule has 0 unspecified atom stereocenters. The Bertz CT molecular complexity index is 1690. The minimum Gasteiger partial charge on any atom is -0.322 e. The van der Waals surface area contributed by atoms with E-state index in [1.807, 2.05) is 6.92 Å². The Kier molecular flexibility index (Phi) is 7.77. The molecule has 0 spiro atoms. The maximum absolute atomic E-state index is 12.8. The molecule has 0 aliphatic carbocycles. The molecule has 0 heterocycles. The Labute approximate surface area is 226 Å². The van der Waals surface area contributed by atoms with Gasteiger partial charge in [-0.05, 0) is 92.2 Å². The smallest absolute Gasteiger partial charge is 0.261 e. The highest BCUT2D eigenvalue weighted by Crippen LogP contribution is 2.26. The van der Waals surface area contributed by atoms with Gasteiger partial charge in [0.05, 0.1) is 15.5 Å². The van der Waals surface area contributed by atoms with Crippen molar-refractivity contribution in [2.75, 3.05) is 14.8 Å². The van der Waals surface area contributed by atoms with Gasteiger partial charge in [0.25, 0.3) is 26.0 Å². The summed E-state index contributed by atoms with van der Waals surface area (Å²) in [4.78, 5) is 12.8. The number of halogens is 1. The molecule has 0 saturated heterocycles. The predicted molar refractivity (Wildman–Crippen MR) is 150 cm³/mol. The SMILES string of the molecule is Cc1ccc(S(=O)(=O)Nc2ccc(C(=O)Nc3ccc(S(=O)(=O)Nc4cccc(Cl)c4C)cc3)cc2)cc1. The highest BCUT2D eigenvalue weighted by atomic mass is 35.5. The second kappa shape index (κ2) is 10.9. The first-order chi connectivity index (χ1) is 17.9. The van der Waals surface area contributed by atoms with Crippen LogP contribution in [0.25, 0.3) is 0 Å². The largest absolute Gasteiger partial charge is 0.322 e. The Hall–Kier alpha value is -3.86. The van der Waals surface area contributed by atoms with E-state index in [0.29, 0.717) is 27.6 Å². The van der Waals surface area contributed by atoms with Gasteiger partial charge in [0.1, 0.15) is 0 Å². The van der Waals surface area contributed by atoms with Gasteiger partial charge in [0, 0.05) is 22.0 Å². The van der Waals surface area contributed by atoms with Gasteiger partial charge in [-0.3, -0.25) is 14.2 Å². The van der Waals surface area contributed by atoms with Crippen molar-refractivity contribution >= 4 is 54.6 Å².